The van der Waals surface area contributed by atoms with E-state index in [1.165, 1.54) is 11.1 Å². The number of nitrogens with zero attached hydrogens (tertiary/aromatic N) is 1. The monoisotopic (exact) mass is 183 g/mol. The summed E-state index contributed by atoms with van der Waals surface area (Å²) in [6, 6.07) is 12.6. The van der Waals surface area contributed by atoms with Crippen LogP contribution >= 0.6 is 0 Å². The lowest BCUT2D eigenvalue weighted by Crippen LogP contribution is -1.96. The van der Waals surface area contributed by atoms with E-state index in [4.69, 9.17) is 5.26 Å². The zero-order chi connectivity index (χ0) is 10.0. The van der Waals surface area contributed by atoms with Crippen molar-refractivity contribution < 1.29 is 0 Å². The van der Waals surface area contributed by atoms with Gasteiger partial charge in [-0.1, -0.05) is 42.0 Å². The minimum atomic E-state index is -0.129. The van der Waals surface area contributed by atoms with E-state index in [2.05, 4.69) is 31.2 Å². The van der Waals surface area contributed by atoms with Gasteiger partial charge in [-0.3, -0.25) is 0 Å². The lowest BCUT2D eigenvalue weighted by Gasteiger charge is -2.05. The van der Waals surface area contributed by atoms with Gasteiger partial charge in [0.15, 0.2) is 0 Å². The third kappa shape index (κ3) is 1.56. The summed E-state index contributed by atoms with van der Waals surface area (Å²) in [7, 11) is 0. The maximum atomic E-state index is 9.01. The Hall–Kier alpha value is -1.55. The molecule has 1 aliphatic carbocycles. The Bertz CT molecular complexity index is 391. The van der Waals surface area contributed by atoms with Gasteiger partial charge in [-0.05, 0) is 25.3 Å². The predicted molar refractivity (Wildman–Crippen MR) is 57.4 cm³/mol. The molecule has 14 heavy (non-hydrogen) atoms. The Kier molecular flexibility index (Phi) is 2.13. The molecule has 1 aliphatic rings. The summed E-state index contributed by atoms with van der Waals surface area (Å²) in [5, 5.41) is 9.01. The zero-order valence-electron chi connectivity index (χ0n) is 8.33. The van der Waals surface area contributed by atoms with Gasteiger partial charge < -0.3 is 0 Å². The fraction of sp³-hybridized carbons (Fsp3) is 0.308. The van der Waals surface area contributed by atoms with Crippen molar-refractivity contribution in [1.82, 2.24) is 0 Å². The Morgan fingerprint density at radius 3 is 2.50 bits per heavy atom. The number of hydrogen-bond donors (Lipinski definition) is 0. The second-order valence-electron chi connectivity index (χ2n) is 3.93. The molecule has 0 aromatic heterocycles. The second kappa shape index (κ2) is 3.31. The van der Waals surface area contributed by atoms with Crippen LogP contribution in [-0.2, 0) is 0 Å². The first-order valence-corrected chi connectivity index (χ1v) is 4.92. The second-order valence-corrected chi connectivity index (χ2v) is 3.93. The molecule has 1 saturated carbocycles. The largest absolute Gasteiger partial charge is 0.197 e. The Morgan fingerprint density at radius 2 is 2.00 bits per heavy atom. The molecule has 0 spiro atoms. The average molecular weight is 183 g/mol. The van der Waals surface area contributed by atoms with Crippen LogP contribution in [0.5, 0.6) is 0 Å². The van der Waals surface area contributed by atoms with Crippen LogP contribution in [0.15, 0.2) is 35.9 Å². The first-order valence-electron chi connectivity index (χ1n) is 4.92. The number of benzene rings is 1. The van der Waals surface area contributed by atoms with Gasteiger partial charge in [-0.2, -0.15) is 5.26 Å². The molecule has 1 aromatic carbocycles. The first kappa shape index (κ1) is 9.02. The minimum Gasteiger partial charge on any atom is -0.197 e. The quantitative estimate of drug-likeness (QED) is 0.689. The molecule has 0 amide bonds. The fourth-order valence-electron chi connectivity index (χ4n) is 1.66. The van der Waals surface area contributed by atoms with Crippen LogP contribution in [0, 0.1) is 16.7 Å². The number of rotatable bonds is 2. The SMILES string of the molecule is C/C(=C/c1ccccc1)C1(C#N)CC1. The van der Waals surface area contributed by atoms with Gasteiger partial charge in [0, 0.05) is 0 Å². The Balaban J connectivity index is 2.25. The molecule has 1 aromatic rings. The van der Waals surface area contributed by atoms with Gasteiger partial charge in [0.05, 0.1) is 11.5 Å². The van der Waals surface area contributed by atoms with Gasteiger partial charge in [0.2, 0.25) is 0 Å². The lowest BCUT2D eigenvalue weighted by molar-refractivity contribution is 0.810. The van der Waals surface area contributed by atoms with E-state index < -0.39 is 0 Å². The summed E-state index contributed by atoms with van der Waals surface area (Å²) in [6.07, 6.45) is 4.17. The molecule has 1 heteroatoms. The van der Waals surface area contributed by atoms with Crippen LogP contribution in [0.2, 0.25) is 0 Å². The Labute approximate surface area is 84.7 Å². The van der Waals surface area contributed by atoms with E-state index in [0.717, 1.165) is 12.8 Å². The summed E-state index contributed by atoms with van der Waals surface area (Å²) < 4.78 is 0. The van der Waals surface area contributed by atoms with Crippen molar-refractivity contribution in [2.75, 3.05) is 0 Å². The third-order valence-electron chi connectivity index (χ3n) is 2.90. The summed E-state index contributed by atoms with van der Waals surface area (Å²) in [6.45, 7) is 2.06. The molecule has 70 valence electrons. The van der Waals surface area contributed by atoms with Gasteiger partial charge in [-0.15, -0.1) is 0 Å². The maximum Gasteiger partial charge on any atom is 0.0784 e. The van der Waals surface area contributed by atoms with Gasteiger partial charge in [-0.25, -0.2) is 0 Å². The minimum absolute atomic E-state index is 0.129. The normalized spacial score (nSPS) is 18.7. The van der Waals surface area contributed by atoms with Crippen molar-refractivity contribution in [3.8, 4) is 6.07 Å². The van der Waals surface area contributed by atoms with Crippen LogP contribution in [0.25, 0.3) is 6.08 Å². The predicted octanol–water partition coefficient (Wildman–Crippen LogP) is 3.39. The van der Waals surface area contributed by atoms with Crippen LogP contribution in [0.1, 0.15) is 25.3 Å². The van der Waals surface area contributed by atoms with E-state index in [-0.39, 0.29) is 5.41 Å². The van der Waals surface area contributed by atoms with E-state index in [9.17, 15) is 0 Å². The van der Waals surface area contributed by atoms with Crippen molar-refractivity contribution in [3.63, 3.8) is 0 Å². The summed E-state index contributed by atoms with van der Waals surface area (Å²) in [5.41, 5.74) is 2.26. The van der Waals surface area contributed by atoms with Gasteiger partial charge >= 0.3 is 0 Å². The van der Waals surface area contributed by atoms with E-state index in [1.54, 1.807) is 0 Å². The smallest absolute Gasteiger partial charge is 0.0784 e. The average Bonchev–Trinajstić information content (AvgIpc) is 3.00. The topological polar surface area (TPSA) is 23.8 Å². The standard InChI is InChI=1S/C13H13N/c1-11(13(10-14)7-8-13)9-12-5-3-2-4-6-12/h2-6,9H,7-8H2,1H3/b11-9-. The highest BCUT2D eigenvalue weighted by Gasteiger charge is 2.44. The molecule has 1 nitrogen and oxygen atoms in total. The van der Waals surface area contributed by atoms with Crippen LogP contribution in [-0.4, -0.2) is 0 Å². The van der Waals surface area contributed by atoms with Crippen LogP contribution in [0.3, 0.4) is 0 Å². The first-order chi connectivity index (χ1) is 6.77. The molecular formula is C13H13N. The fourth-order valence-corrected chi connectivity index (χ4v) is 1.66. The van der Waals surface area contributed by atoms with Crippen molar-refractivity contribution in [2.45, 2.75) is 19.8 Å². The number of allylic oxidation sites excluding steroid dienone is 1. The van der Waals surface area contributed by atoms with E-state index >= 15 is 0 Å². The highest BCUT2D eigenvalue weighted by atomic mass is 14.5. The summed E-state index contributed by atoms with van der Waals surface area (Å²) in [4.78, 5) is 0. The maximum absolute atomic E-state index is 9.01. The van der Waals surface area contributed by atoms with Crippen LogP contribution < -0.4 is 0 Å². The van der Waals surface area contributed by atoms with Crippen molar-refractivity contribution in [1.29, 1.82) is 5.26 Å². The van der Waals surface area contributed by atoms with Gasteiger partial charge in [0.1, 0.15) is 0 Å². The van der Waals surface area contributed by atoms with Crippen LogP contribution in [0.4, 0.5) is 0 Å². The third-order valence-corrected chi connectivity index (χ3v) is 2.90. The zero-order valence-corrected chi connectivity index (χ0v) is 8.33. The molecule has 0 unspecified atom stereocenters. The summed E-state index contributed by atoms with van der Waals surface area (Å²) in [5.74, 6) is 0. The van der Waals surface area contributed by atoms with Crippen molar-refractivity contribution >= 4 is 6.08 Å². The van der Waals surface area contributed by atoms with Crippen molar-refractivity contribution in [3.05, 3.63) is 41.5 Å². The molecule has 0 heterocycles. The molecule has 2 rings (SSSR count). The Morgan fingerprint density at radius 1 is 1.36 bits per heavy atom. The highest BCUT2D eigenvalue weighted by molar-refractivity contribution is 5.56. The van der Waals surface area contributed by atoms with Gasteiger partial charge in [0.25, 0.3) is 0 Å². The molecule has 0 bridgehead atoms. The molecule has 0 atom stereocenters. The lowest BCUT2D eigenvalue weighted by atomic mass is 9.97. The number of nitriles is 1. The van der Waals surface area contributed by atoms with E-state index in [0.29, 0.717) is 0 Å². The molecule has 0 saturated heterocycles. The molecule has 0 radical (unpaired) electrons. The van der Waals surface area contributed by atoms with Crippen molar-refractivity contribution in [2.24, 2.45) is 5.41 Å². The molecule has 0 aliphatic heterocycles. The number of hydrogen-bond acceptors (Lipinski definition) is 1. The molecular weight excluding hydrogens is 170 g/mol. The highest BCUT2D eigenvalue weighted by Crippen LogP contribution is 2.51. The van der Waals surface area contributed by atoms with E-state index in [1.807, 2.05) is 18.2 Å². The molecule has 1 fully saturated rings. The molecule has 0 N–H and O–H groups in total. The summed E-state index contributed by atoms with van der Waals surface area (Å²) >= 11 is 0.